The van der Waals surface area contributed by atoms with E-state index in [-0.39, 0.29) is 41.8 Å². The minimum absolute atomic E-state index is 0.0108. The number of rotatable bonds is 6. The molecule has 0 spiro atoms. The van der Waals surface area contributed by atoms with Gasteiger partial charge in [0.05, 0.1) is 24.2 Å². The number of carboxylic acid groups (broad SMARTS) is 1. The number of fused-ring (bicyclic) bond motifs is 4. The third kappa shape index (κ3) is 4.49. The van der Waals surface area contributed by atoms with Crippen molar-refractivity contribution in [1.82, 2.24) is 19.5 Å². The Labute approximate surface area is 242 Å². The number of carboxylic acids is 1. The summed E-state index contributed by atoms with van der Waals surface area (Å²) >= 11 is 6.35. The van der Waals surface area contributed by atoms with E-state index in [0.717, 1.165) is 11.9 Å². The Morgan fingerprint density at radius 3 is 2.81 bits per heavy atom. The summed E-state index contributed by atoms with van der Waals surface area (Å²) in [5.74, 6) is -1.69. The lowest BCUT2D eigenvalue weighted by molar-refractivity contribution is -0.138. The largest absolute Gasteiger partial charge is 0.480 e. The number of nitrogens with zero attached hydrogens (tertiary/aromatic N) is 5. The van der Waals surface area contributed by atoms with Gasteiger partial charge in [-0.1, -0.05) is 30.7 Å². The Bertz CT molecular complexity index is 1830. The summed E-state index contributed by atoms with van der Waals surface area (Å²) < 4.78 is 48.0. The number of para-hydroxylation sites is 1. The number of imidazole rings is 1. The van der Waals surface area contributed by atoms with Gasteiger partial charge < -0.3 is 23.9 Å². The first-order valence-electron chi connectivity index (χ1n) is 13.7. The minimum atomic E-state index is -2.96. The predicted octanol–water partition coefficient (Wildman–Crippen LogP) is 6.03. The molecule has 0 radical (unpaired) electrons. The van der Waals surface area contributed by atoms with Gasteiger partial charge in [-0.2, -0.15) is 4.98 Å². The summed E-state index contributed by atoms with van der Waals surface area (Å²) in [4.78, 5) is 26.8. The zero-order valence-corrected chi connectivity index (χ0v) is 23.2. The third-order valence-corrected chi connectivity index (χ3v) is 8.29. The molecule has 1 N–H and O–H groups in total. The van der Waals surface area contributed by atoms with Crippen molar-refractivity contribution in [3.63, 3.8) is 0 Å². The van der Waals surface area contributed by atoms with Gasteiger partial charge in [-0.15, -0.1) is 0 Å². The molecular weight excluding hydrogens is 572 g/mol. The number of carbonyl (C=O) groups is 1. The average Bonchev–Trinajstić information content (AvgIpc) is 3.66. The molecule has 5 heterocycles. The molecule has 0 unspecified atom stereocenters. The van der Waals surface area contributed by atoms with E-state index in [1.54, 1.807) is 30.3 Å². The summed E-state index contributed by atoms with van der Waals surface area (Å²) in [6.07, 6.45) is -2.80. The normalized spacial score (nSPS) is 23.0. The summed E-state index contributed by atoms with van der Waals surface area (Å²) in [5.41, 5.74) is 2.28. The lowest BCUT2D eigenvalue weighted by atomic mass is 9.97. The van der Waals surface area contributed by atoms with Crippen molar-refractivity contribution < 1.29 is 32.6 Å². The minimum Gasteiger partial charge on any atom is -0.480 e. The molecular formula is C29H26ClF2N5O5. The summed E-state index contributed by atoms with van der Waals surface area (Å²) in [6.45, 7) is 3.31. The lowest BCUT2D eigenvalue weighted by Crippen LogP contribution is -2.37. The van der Waals surface area contributed by atoms with Gasteiger partial charge in [0.15, 0.2) is 17.2 Å². The van der Waals surface area contributed by atoms with Crippen molar-refractivity contribution in [3.8, 4) is 6.01 Å². The maximum Gasteiger partial charge on any atom is 0.326 e. The number of ether oxygens (including phenoxy) is 2. The molecule has 13 heteroatoms. The van der Waals surface area contributed by atoms with Crippen molar-refractivity contribution >= 4 is 56.5 Å². The van der Waals surface area contributed by atoms with E-state index in [1.165, 1.54) is 4.90 Å². The zero-order chi connectivity index (χ0) is 29.1. The van der Waals surface area contributed by atoms with Crippen molar-refractivity contribution in [1.29, 1.82) is 0 Å². The second-order valence-corrected chi connectivity index (χ2v) is 11.2. The number of aromatic nitrogens is 4. The maximum atomic E-state index is 13.9. The van der Waals surface area contributed by atoms with E-state index in [0.29, 0.717) is 40.7 Å². The number of halogens is 3. The fraction of sp³-hybridized carbons (Fsp3) is 0.379. The Hall–Kier alpha value is -4.03. The fourth-order valence-electron chi connectivity index (χ4n) is 6.09. The van der Waals surface area contributed by atoms with E-state index in [9.17, 15) is 18.7 Å². The molecule has 2 aliphatic heterocycles. The highest BCUT2D eigenvalue weighted by Crippen LogP contribution is 2.40. The first kappa shape index (κ1) is 26.8. The molecule has 3 aromatic heterocycles. The lowest BCUT2D eigenvalue weighted by Gasteiger charge is -2.31. The van der Waals surface area contributed by atoms with Crippen LogP contribution in [0.2, 0.25) is 5.02 Å². The van der Waals surface area contributed by atoms with Gasteiger partial charge in [0, 0.05) is 35.4 Å². The number of alkyl halides is 2. The Morgan fingerprint density at radius 2 is 2.02 bits per heavy atom. The van der Waals surface area contributed by atoms with Crippen LogP contribution < -0.4 is 9.64 Å². The highest BCUT2D eigenvalue weighted by atomic mass is 35.5. The van der Waals surface area contributed by atoms with Crippen LogP contribution in [0.3, 0.4) is 0 Å². The van der Waals surface area contributed by atoms with E-state index >= 15 is 0 Å². The van der Waals surface area contributed by atoms with Crippen molar-refractivity contribution in [2.75, 3.05) is 24.7 Å². The topological polar surface area (TPSA) is 116 Å². The van der Waals surface area contributed by atoms with Crippen LogP contribution in [0.5, 0.6) is 6.01 Å². The van der Waals surface area contributed by atoms with E-state index in [1.807, 2.05) is 16.7 Å². The van der Waals surface area contributed by atoms with Crippen LogP contribution in [0.25, 0.3) is 33.1 Å². The molecule has 2 saturated heterocycles. The number of benzene rings is 2. The first-order valence-corrected chi connectivity index (χ1v) is 14.0. The molecule has 42 heavy (non-hydrogen) atoms. The number of aliphatic carboxylic acids is 1. The van der Waals surface area contributed by atoms with Crippen molar-refractivity contribution in [2.45, 2.75) is 44.4 Å². The molecule has 4 atom stereocenters. The van der Waals surface area contributed by atoms with Gasteiger partial charge in [0.1, 0.15) is 23.2 Å². The SMILES string of the molecule is C[C@H]1COCC[C@@H]1n1c(O[C@H]2C[C@@H](C(=O)O)N(c3nc(C(F)F)nc4c3oc3ccccc34)C2)nc2ccc(Cl)cc21. The predicted molar refractivity (Wildman–Crippen MR) is 150 cm³/mol. The average molecular weight is 598 g/mol. The number of hydrogen-bond acceptors (Lipinski definition) is 8. The van der Waals surface area contributed by atoms with Crippen LogP contribution in [0.15, 0.2) is 46.9 Å². The number of furan rings is 1. The Morgan fingerprint density at radius 1 is 1.19 bits per heavy atom. The van der Waals surface area contributed by atoms with Crippen LogP contribution in [-0.2, 0) is 9.53 Å². The molecule has 2 aliphatic rings. The molecule has 7 rings (SSSR count). The molecule has 218 valence electrons. The van der Waals surface area contributed by atoms with Crippen molar-refractivity contribution in [3.05, 3.63) is 53.3 Å². The molecule has 2 aromatic carbocycles. The quantitative estimate of drug-likeness (QED) is 0.251. The smallest absolute Gasteiger partial charge is 0.326 e. The van der Waals surface area contributed by atoms with Gasteiger partial charge >= 0.3 is 5.97 Å². The second kappa shape index (κ2) is 10.4. The second-order valence-electron chi connectivity index (χ2n) is 10.8. The third-order valence-electron chi connectivity index (χ3n) is 8.05. The highest BCUT2D eigenvalue weighted by molar-refractivity contribution is 6.31. The Balaban J connectivity index is 1.29. The molecule has 2 fully saturated rings. The summed E-state index contributed by atoms with van der Waals surface area (Å²) in [6, 6.07) is 11.6. The maximum absolute atomic E-state index is 13.9. The van der Waals surface area contributed by atoms with Gasteiger partial charge in [-0.25, -0.2) is 23.5 Å². The van der Waals surface area contributed by atoms with Crippen molar-refractivity contribution in [2.24, 2.45) is 5.92 Å². The van der Waals surface area contributed by atoms with Crippen LogP contribution in [0.1, 0.15) is 38.1 Å². The molecule has 0 saturated carbocycles. The van der Waals surface area contributed by atoms with E-state index in [4.69, 9.17) is 30.5 Å². The van der Waals surface area contributed by atoms with Gasteiger partial charge in [0.25, 0.3) is 12.4 Å². The number of hydrogen-bond donors (Lipinski definition) is 1. The van der Waals surface area contributed by atoms with E-state index < -0.39 is 30.4 Å². The standard InChI is InChI=1S/C29H26ClF2N5O5/c1-14-13-40-9-8-19(14)37-20-10-15(30)6-7-18(20)33-29(37)41-16-11-21(28(38)39)36(12-16)27-24-23(34-26(35-27)25(31)32)17-4-2-3-5-22(17)42-24/h2-7,10,14,16,19,21,25H,8-9,11-13H2,1H3,(H,38,39)/t14-,16-,19-,21-/m0/s1. The zero-order valence-electron chi connectivity index (χ0n) is 22.4. The molecule has 5 aromatic rings. The van der Waals surface area contributed by atoms with Crippen LogP contribution in [-0.4, -0.2) is 62.5 Å². The highest BCUT2D eigenvalue weighted by Gasteiger charge is 2.42. The Kier molecular flexibility index (Phi) is 6.62. The monoisotopic (exact) mass is 597 g/mol. The molecule has 0 amide bonds. The van der Waals surface area contributed by atoms with Gasteiger partial charge in [0.2, 0.25) is 0 Å². The van der Waals surface area contributed by atoms with Crippen LogP contribution in [0.4, 0.5) is 14.6 Å². The summed E-state index contributed by atoms with van der Waals surface area (Å²) in [5, 5.41) is 11.3. The number of anilines is 1. The molecule has 10 nitrogen and oxygen atoms in total. The van der Waals surface area contributed by atoms with Gasteiger partial charge in [-0.3, -0.25) is 4.57 Å². The molecule has 0 bridgehead atoms. The van der Waals surface area contributed by atoms with Crippen LogP contribution in [0, 0.1) is 5.92 Å². The first-order chi connectivity index (χ1) is 20.3. The summed E-state index contributed by atoms with van der Waals surface area (Å²) in [7, 11) is 0. The van der Waals surface area contributed by atoms with Crippen LogP contribution >= 0.6 is 11.6 Å². The van der Waals surface area contributed by atoms with E-state index in [2.05, 4.69) is 16.9 Å². The van der Waals surface area contributed by atoms with Gasteiger partial charge in [-0.05, 0) is 36.8 Å². The fourth-order valence-corrected chi connectivity index (χ4v) is 6.25. The molecule has 0 aliphatic carbocycles.